The van der Waals surface area contributed by atoms with Gasteiger partial charge >= 0.3 is 0 Å². The van der Waals surface area contributed by atoms with E-state index in [2.05, 4.69) is 42.5 Å². The number of hydrogen-bond donors (Lipinski definition) is 1. The van der Waals surface area contributed by atoms with E-state index in [4.69, 9.17) is 0 Å². The Morgan fingerprint density at radius 1 is 1.36 bits per heavy atom. The molecule has 2 rings (SSSR count). The molecular formula is C6H5IN4. The van der Waals surface area contributed by atoms with Crippen molar-refractivity contribution in [2.75, 3.05) is 0 Å². The Kier molecular flexibility index (Phi) is 1.72. The Morgan fingerprint density at radius 3 is 3.09 bits per heavy atom. The SMILES string of the molecule is ICc1ncnc2[nH]cnc12. The molecule has 56 valence electrons. The maximum atomic E-state index is 4.10. The first kappa shape index (κ1) is 6.96. The van der Waals surface area contributed by atoms with Gasteiger partial charge in [-0.2, -0.15) is 0 Å². The van der Waals surface area contributed by atoms with Gasteiger partial charge in [-0.3, -0.25) is 0 Å². The zero-order valence-electron chi connectivity index (χ0n) is 5.58. The minimum Gasteiger partial charge on any atom is -0.329 e. The van der Waals surface area contributed by atoms with Crippen molar-refractivity contribution in [1.29, 1.82) is 0 Å². The molecule has 0 aliphatic heterocycles. The fourth-order valence-electron chi connectivity index (χ4n) is 0.912. The summed E-state index contributed by atoms with van der Waals surface area (Å²) >= 11 is 2.25. The fraction of sp³-hybridized carbons (Fsp3) is 0.167. The second-order valence-corrected chi connectivity index (χ2v) is 2.82. The molecule has 0 aliphatic carbocycles. The Hall–Kier alpha value is -0.720. The highest BCUT2D eigenvalue weighted by atomic mass is 127. The first-order valence-electron chi connectivity index (χ1n) is 3.10. The van der Waals surface area contributed by atoms with E-state index in [9.17, 15) is 0 Å². The van der Waals surface area contributed by atoms with Crippen LogP contribution in [0.15, 0.2) is 12.7 Å². The summed E-state index contributed by atoms with van der Waals surface area (Å²) in [6.45, 7) is 0. The molecule has 0 unspecified atom stereocenters. The smallest absolute Gasteiger partial charge is 0.160 e. The average Bonchev–Trinajstić information content (AvgIpc) is 2.50. The number of nitrogens with one attached hydrogen (secondary N) is 1. The van der Waals surface area contributed by atoms with Crippen molar-refractivity contribution in [3.8, 4) is 0 Å². The van der Waals surface area contributed by atoms with E-state index in [1.807, 2.05) is 0 Å². The van der Waals surface area contributed by atoms with Crippen molar-refractivity contribution in [3.63, 3.8) is 0 Å². The van der Waals surface area contributed by atoms with Gasteiger partial charge in [-0.25, -0.2) is 15.0 Å². The van der Waals surface area contributed by atoms with Crippen LogP contribution in [0.1, 0.15) is 5.69 Å². The maximum absolute atomic E-state index is 4.10. The number of halogens is 1. The molecule has 1 N–H and O–H groups in total. The Labute approximate surface area is 76.6 Å². The highest BCUT2D eigenvalue weighted by Gasteiger charge is 2.02. The number of alkyl halides is 1. The maximum Gasteiger partial charge on any atom is 0.160 e. The predicted octanol–water partition coefficient (Wildman–Crippen LogP) is 1.29. The van der Waals surface area contributed by atoms with E-state index >= 15 is 0 Å². The molecule has 11 heavy (non-hydrogen) atoms. The standard InChI is InChI=1S/C6H5IN4/c7-1-4-5-6(10-2-8-4)11-3-9-5/h2-3H,1H2,(H,8,9,10,11). The molecule has 2 aromatic rings. The Bertz CT molecular complexity index is 369. The van der Waals surface area contributed by atoms with Crippen LogP contribution in [0.25, 0.3) is 11.2 Å². The van der Waals surface area contributed by atoms with Gasteiger partial charge in [0.2, 0.25) is 0 Å². The largest absolute Gasteiger partial charge is 0.329 e. The van der Waals surface area contributed by atoms with Gasteiger partial charge in [0.05, 0.1) is 12.0 Å². The van der Waals surface area contributed by atoms with Gasteiger partial charge in [0.1, 0.15) is 11.8 Å². The second kappa shape index (κ2) is 2.72. The van der Waals surface area contributed by atoms with E-state index in [1.165, 1.54) is 0 Å². The van der Waals surface area contributed by atoms with Crippen LogP contribution in [0, 0.1) is 0 Å². The van der Waals surface area contributed by atoms with Crippen LogP contribution in [-0.4, -0.2) is 19.9 Å². The van der Waals surface area contributed by atoms with Crippen LogP contribution in [0.2, 0.25) is 0 Å². The number of aromatic nitrogens is 4. The number of imidazole rings is 1. The summed E-state index contributed by atoms with van der Waals surface area (Å²) in [5.41, 5.74) is 2.67. The van der Waals surface area contributed by atoms with Crippen LogP contribution in [0.5, 0.6) is 0 Å². The normalized spacial score (nSPS) is 10.6. The molecule has 0 radical (unpaired) electrons. The van der Waals surface area contributed by atoms with Crippen molar-refractivity contribution in [1.82, 2.24) is 19.9 Å². The molecule has 0 saturated carbocycles. The van der Waals surface area contributed by atoms with Gasteiger partial charge < -0.3 is 4.98 Å². The molecule has 0 bridgehead atoms. The summed E-state index contributed by atoms with van der Waals surface area (Å²) in [5, 5.41) is 0. The number of rotatable bonds is 1. The number of fused-ring (bicyclic) bond motifs is 1. The van der Waals surface area contributed by atoms with Crippen LogP contribution >= 0.6 is 22.6 Å². The van der Waals surface area contributed by atoms with E-state index in [1.54, 1.807) is 12.7 Å². The van der Waals surface area contributed by atoms with Gasteiger partial charge in [0.25, 0.3) is 0 Å². The summed E-state index contributed by atoms with van der Waals surface area (Å²) < 4.78 is 0.863. The lowest BCUT2D eigenvalue weighted by atomic mass is 10.4. The average molecular weight is 260 g/mol. The molecule has 0 saturated heterocycles. The van der Waals surface area contributed by atoms with Crippen molar-refractivity contribution >= 4 is 33.8 Å². The summed E-state index contributed by atoms with van der Waals surface area (Å²) in [6, 6.07) is 0. The highest BCUT2D eigenvalue weighted by molar-refractivity contribution is 14.1. The van der Waals surface area contributed by atoms with E-state index in [0.717, 1.165) is 21.3 Å². The molecule has 4 nitrogen and oxygen atoms in total. The second-order valence-electron chi connectivity index (χ2n) is 2.05. The number of aromatic amines is 1. The lowest BCUT2D eigenvalue weighted by Gasteiger charge is -1.92. The molecule has 5 heteroatoms. The highest BCUT2D eigenvalue weighted by Crippen LogP contribution is 2.11. The molecule has 2 aromatic heterocycles. The topological polar surface area (TPSA) is 54.5 Å². The van der Waals surface area contributed by atoms with Gasteiger partial charge in [0.15, 0.2) is 5.65 Å². The zero-order chi connectivity index (χ0) is 7.68. The van der Waals surface area contributed by atoms with Gasteiger partial charge in [0, 0.05) is 4.43 Å². The first-order valence-corrected chi connectivity index (χ1v) is 4.63. The molecule has 0 atom stereocenters. The minimum absolute atomic E-state index is 0.812. The van der Waals surface area contributed by atoms with Crippen LogP contribution in [0.3, 0.4) is 0 Å². The van der Waals surface area contributed by atoms with Crippen molar-refractivity contribution < 1.29 is 0 Å². The molecule has 0 fully saturated rings. The lowest BCUT2D eigenvalue weighted by Crippen LogP contribution is -1.88. The fourth-order valence-corrected chi connectivity index (χ4v) is 1.47. The van der Waals surface area contributed by atoms with E-state index in [0.29, 0.717) is 0 Å². The predicted molar refractivity (Wildman–Crippen MR) is 49.4 cm³/mol. The Morgan fingerprint density at radius 2 is 2.27 bits per heavy atom. The van der Waals surface area contributed by atoms with E-state index in [-0.39, 0.29) is 0 Å². The van der Waals surface area contributed by atoms with E-state index < -0.39 is 0 Å². The van der Waals surface area contributed by atoms with Gasteiger partial charge in [-0.1, -0.05) is 22.6 Å². The summed E-state index contributed by atoms with van der Waals surface area (Å²) in [5.74, 6) is 0. The molecule has 0 aromatic carbocycles. The third-order valence-corrected chi connectivity index (χ3v) is 2.14. The third-order valence-electron chi connectivity index (χ3n) is 1.42. The van der Waals surface area contributed by atoms with Crippen LogP contribution < -0.4 is 0 Å². The van der Waals surface area contributed by atoms with Crippen molar-refractivity contribution in [3.05, 3.63) is 18.3 Å². The molecule has 0 amide bonds. The molecule has 2 heterocycles. The van der Waals surface area contributed by atoms with Crippen LogP contribution in [0.4, 0.5) is 0 Å². The minimum atomic E-state index is 0.812. The lowest BCUT2D eigenvalue weighted by molar-refractivity contribution is 1.13. The number of H-pyrrole nitrogens is 1. The number of hydrogen-bond acceptors (Lipinski definition) is 3. The zero-order valence-corrected chi connectivity index (χ0v) is 7.74. The van der Waals surface area contributed by atoms with Crippen molar-refractivity contribution in [2.45, 2.75) is 4.43 Å². The molecule has 0 spiro atoms. The summed E-state index contributed by atoms with van der Waals surface area (Å²) in [4.78, 5) is 15.1. The first-order chi connectivity index (χ1) is 5.42. The van der Waals surface area contributed by atoms with Crippen molar-refractivity contribution in [2.24, 2.45) is 0 Å². The quantitative estimate of drug-likeness (QED) is 0.620. The Balaban J connectivity index is 2.79. The summed E-state index contributed by atoms with van der Waals surface area (Å²) in [6.07, 6.45) is 3.18. The van der Waals surface area contributed by atoms with Gasteiger partial charge in [-0.05, 0) is 0 Å². The molecular weight excluding hydrogens is 255 g/mol. The summed E-state index contributed by atoms with van der Waals surface area (Å²) in [7, 11) is 0. The number of nitrogens with zero attached hydrogens (tertiary/aromatic N) is 3. The van der Waals surface area contributed by atoms with Crippen LogP contribution in [-0.2, 0) is 4.43 Å². The third kappa shape index (κ3) is 1.09. The van der Waals surface area contributed by atoms with Gasteiger partial charge in [-0.15, -0.1) is 0 Å². The monoisotopic (exact) mass is 260 g/mol. The molecule has 0 aliphatic rings.